The van der Waals surface area contributed by atoms with E-state index >= 15 is 0 Å². The summed E-state index contributed by atoms with van der Waals surface area (Å²) in [5.41, 5.74) is 5.93. The fourth-order valence-electron chi connectivity index (χ4n) is 4.60. The van der Waals surface area contributed by atoms with Gasteiger partial charge in [0, 0.05) is 23.9 Å². The van der Waals surface area contributed by atoms with Crippen molar-refractivity contribution in [3.05, 3.63) is 0 Å². The fourth-order valence-corrected chi connectivity index (χ4v) is 4.60. The maximum absolute atomic E-state index is 13.7. The highest BCUT2D eigenvalue weighted by molar-refractivity contribution is 5.98. The van der Waals surface area contributed by atoms with Gasteiger partial charge in [-0.3, -0.25) is 15.5 Å². The quantitative estimate of drug-likeness (QED) is 0.304. The monoisotopic (exact) mass is 449 g/mol. The first kappa shape index (κ1) is 24.2. The molecule has 0 radical (unpaired) electrons. The molecule has 4 unspecified atom stereocenters. The van der Waals surface area contributed by atoms with Crippen LogP contribution in [0.2, 0.25) is 0 Å². The first-order valence-electron chi connectivity index (χ1n) is 11.3. The predicted octanol–water partition coefficient (Wildman–Crippen LogP) is 2.99. The van der Waals surface area contributed by atoms with E-state index in [1.807, 2.05) is 20.8 Å². The summed E-state index contributed by atoms with van der Waals surface area (Å²) in [7, 11) is 0. The highest BCUT2D eigenvalue weighted by Gasteiger charge is 2.42. The van der Waals surface area contributed by atoms with Gasteiger partial charge in [-0.15, -0.1) is 0 Å². The number of alkyl halides is 4. The number of nitrogens with zero attached hydrogens (tertiary/aromatic N) is 1. The molecule has 178 valence electrons. The molecule has 1 saturated heterocycles. The number of hydrogen-bond acceptors (Lipinski definition) is 4. The Morgan fingerprint density at radius 1 is 0.935 bits per heavy atom. The summed E-state index contributed by atoms with van der Waals surface area (Å²) >= 11 is 0. The largest absolute Gasteiger partial charge is 0.351 e. The summed E-state index contributed by atoms with van der Waals surface area (Å²) < 4.78 is 54.3. The zero-order chi connectivity index (χ0) is 22.8. The first-order chi connectivity index (χ1) is 14.5. The molecule has 0 aromatic rings. The molecule has 4 N–H and O–H groups in total. The molecule has 1 heterocycles. The van der Waals surface area contributed by atoms with Crippen molar-refractivity contribution in [1.82, 2.24) is 21.5 Å². The van der Waals surface area contributed by atoms with Crippen LogP contribution in [-0.2, 0) is 4.79 Å². The lowest BCUT2D eigenvalue weighted by atomic mass is 9.82. The number of aliphatic imine (C=N–C) groups is 1. The number of hydrogen-bond donors (Lipinski definition) is 4. The number of amides is 1. The van der Waals surface area contributed by atoms with Crippen LogP contribution >= 0.6 is 0 Å². The first-order valence-corrected chi connectivity index (χ1v) is 11.3. The van der Waals surface area contributed by atoms with Gasteiger partial charge in [0.2, 0.25) is 5.91 Å². The predicted molar refractivity (Wildman–Crippen MR) is 111 cm³/mol. The van der Waals surface area contributed by atoms with E-state index in [1.54, 1.807) is 0 Å². The lowest BCUT2D eigenvalue weighted by Gasteiger charge is -2.30. The van der Waals surface area contributed by atoms with Crippen LogP contribution < -0.4 is 21.5 Å². The topological polar surface area (TPSA) is 77.6 Å². The third kappa shape index (κ3) is 6.78. The van der Waals surface area contributed by atoms with Crippen molar-refractivity contribution < 1.29 is 22.4 Å². The zero-order valence-corrected chi connectivity index (χ0v) is 18.4. The van der Waals surface area contributed by atoms with E-state index in [0.29, 0.717) is 25.2 Å². The maximum Gasteiger partial charge on any atom is 0.229 e. The number of hydrazine groups is 1. The lowest BCUT2D eigenvalue weighted by Crippen LogP contribution is -2.53. The van der Waals surface area contributed by atoms with Gasteiger partial charge >= 0.3 is 0 Å². The average Bonchev–Trinajstić information content (AvgIpc) is 3.13. The minimum Gasteiger partial charge on any atom is -0.351 e. The second-order valence-corrected chi connectivity index (χ2v) is 10.1. The number of guanidine groups is 1. The van der Waals surface area contributed by atoms with E-state index in [9.17, 15) is 22.4 Å². The average molecular weight is 450 g/mol. The van der Waals surface area contributed by atoms with Gasteiger partial charge in [-0.1, -0.05) is 0 Å². The third-order valence-electron chi connectivity index (χ3n) is 6.28. The second kappa shape index (κ2) is 10.0. The molecule has 3 rings (SSSR count). The molecule has 0 aromatic carbocycles. The summed E-state index contributed by atoms with van der Waals surface area (Å²) in [6.07, 6.45) is -4.39. The van der Waals surface area contributed by atoms with Crippen molar-refractivity contribution in [2.24, 2.45) is 16.8 Å². The molecule has 1 amide bonds. The minimum atomic E-state index is -2.18. The molecule has 0 aromatic heterocycles. The van der Waals surface area contributed by atoms with Gasteiger partial charge in [0.15, 0.2) is 12.1 Å². The van der Waals surface area contributed by atoms with E-state index < -0.39 is 42.1 Å². The third-order valence-corrected chi connectivity index (χ3v) is 6.28. The number of rotatable bonds is 3. The minimum absolute atomic E-state index is 0.160. The molecule has 1 aliphatic heterocycles. The second-order valence-electron chi connectivity index (χ2n) is 10.1. The van der Waals surface area contributed by atoms with Crippen LogP contribution in [0, 0.1) is 11.8 Å². The van der Waals surface area contributed by atoms with Crippen LogP contribution in [0.25, 0.3) is 0 Å². The smallest absolute Gasteiger partial charge is 0.229 e. The van der Waals surface area contributed by atoms with Gasteiger partial charge in [-0.05, 0) is 65.2 Å². The van der Waals surface area contributed by atoms with E-state index in [2.05, 4.69) is 26.5 Å². The maximum atomic E-state index is 13.7. The molecule has 3 aliphatic rings. The molecule has 4 atom stereocenters. The summed E-state index contributed by atoms with van der Waals surface area (Å²) in [6.45, 7) is 5.70. The number of carbonyl (C=O) groups is 1. The molecule has 31 heavy (non-hydrogen) atoms. The summed E-state index contributed by atoms with van der Waals surface area (Å²) in [5.74, 6) is -0.955. The fraction of sp³-hybridized carbons (Fsp3) is 0.905. The molecule has 2 aliphatic carbocycles. The van der Waals surface area contributed by atoms with Crippen molar-refractivity contribution in [2.45, 2.75) is 108 Å². The van der Waals surface area contributed by atoms with E-state index in [1.165, 1.54) is 0 Å². The van der Waals surface area contributed by atoms with Crippen molar-refractivity contribution in [2.75, 3.05) is 0 Å². The van der Waals surface area contributed by atoms with Gasteiger partial charge < -0.3 is 5.32 Å². The normalized spacial score (nSPS) is 39.9. The SMILES string of the molecule is CC(C)(C)N/C(=N\C1CC(C2CCC(F)CC2)NN1)NC(=O)C1CC(F)C(F)C(F)C1. The highest BCUT2D eigenvalue weighted by atomic mass is 19.2. The molecule has 2 saturated carbocycles. The standard InChI is InChI=1S/C21H35F4N5O/c1-21(2,3)28-20(27-19(31)12-8-14(23)18(25)15(24)9-12)26-17-10-16(29-30-17)11-4-6-13(22)7-5-11/h11-18,29-30H,4-10H2,1-3H3,(H2,26,27,28,31). The van der Waals surface area contributed by atoms with E-state index in [4.69, 9.17) is 0 Å². The van der Waals surface area contributed by atoms with Crippen molar-refractivity contribution in [3.63, 3.8) is 0 Å². The van der Waals surface area contributed by atoms with E-state index in [-0.39, 0.29) is 31.0 Å². The van der Waals surface area contributed by atoms with Crippen LogP contribution in [-0.4, -0.2) is 54.3 Å². The van der Waals surface area contributed by atoms with Crippen LogP contribution in [0.4, 0.5) is 17.6 Å². The highest BCUT2D eigenvalue weighted by Crippen LogP contribution is 2.32. The molecule has 0 bridgehead atoms. The van der Waals surface area contributed by atoms with Crippen LogP contribution in [0.1, 0.15) is 65.7 Å². The van der Waals surface area contributed by atoms with E-state index in [0.717, 1.165) is 12.8 Å². The van der Waals surface area contributed by atoms with Gasteiger partial charge in [0.1, 0.15) is 24.7 Å². The van der Waals surface area contributed by atoms with Gasteiger partial charge in [0.25, 0.3) is 0 Å². The van der Waals surface area contributed by atoms with Crippen molar-refractivity contribution in [3.8, 4) is 0 Å². The number of halogens is 4. The molecule has 6 nitrogen and oxygen atoms in total. The Kier molecular flexibility index (Phi) is 7.83. The molecule has 3 fully saturated rings. The molecule has 10 heteroatoms. The molecule has 0 spiro atoms. The lowest BCUT2D eigenvalue weighted by molar-refractivity contribution is -0.127. The van der Waals surface area contributed by atoms with Gasteiger partial charge in [0.05, 0.1) is 0 Å². The van der Waals surface area contributed by atoms with Crippen LogP contribution in [0.3, 0.4) is 0 Å². The Morgan fingerprint density at radius 3 is 2.13 bits per heavy atom. The summed E-state index contributed by atoms with van der Waals surface area (Å²) in [5, 5.41) is 5.78. The van der Waals surface area contributed by atoms with Crippen LogP contribution in [0.5, 0.6) is 0 Å². The van der Waals surface area contributed by atoms with Crippen LogP contribution in [0.15, 0.2) is 4.99 Å². The zero-order valence-electron chi connectivity index (χ0n) is 18.4. The van der Waals surface area contributed by atoms with Gasteiger partial charge in [-0.2, -0.15) is 0 Å². The Morgan fingerprint density at radius 2 is 1.55 bits per heavy atom. The molecular formula is C21H35F4N5O. The Hall–Kier alpha value is -1.42. The van der Waals surface area contributed by atoms with Crippen molar-refractivity contribution in [1.29, 1.82) is 0 Å². The Labute approximate surface area is 181 Å². The number of carbonyl (C=O) groups excluding carboxylic acids is 1. The van der Waals surface area contributed by atoms with Gasteiger partial charge in [-0.25, -0.2) is 28.0 Å². The summed E-state index contributed by atoms with van der Waals surface area (Å²) in [4.78, 5) is 17.2. The number of nitrogens with one attached hydrogen (secondary N) is 4. The molecular weight excluding hydrogens is 414 g/mol. The Bertz CT molecular complexity index is 638. The Balaban J connectivity index is 1.62. The van der Waals surface area contributed by atoms with Crippen molar-refractivity contribution >= 4 is 11.9 Å². The summed E-state index contributed by atoms with van der Waals surface area (Å²) in [6, 6.07) is 0.160.